The normalized spacial score (nSPS) is 16.4. The van der Waals surface area contributed by atoms with Gasteiger partial charge in [-0.3, -0.25) is 9.63 Å². The van der Waals surface area contributed by atoms with Crippen LogP contribution in [0.3, 0.4) is 0 Å². The van der Waals surface area contributed by atoms with Crippen LogP contribution in [0.25, 0.3) is 0 Å². The largest absolute Gasteiger partial charge is 0.494 e. The lowest BCUT2D eigenvalue weighted by atomic mass is 10.2. The standard InChI is InChI=1S/C29H35N7O5S.ClHO4/c1-23-12-8-10-20-35(23)41-21-11-4-3-9-19-31-42(39,40)26-17-15-24(16-18-26)32-33-29(28(38)30-2)22-27(37)36(34-29)25-13-6-5-7-14-25;2-1(3,4)5/h5-8,10,12-18,20,22,31,34H,3-4,9,11,19,21H2,1-2H3,(H-,30,37,38);(H,2,3,4,5). The molecule has 254 valence electrons. The van der Waals surface area contributed by atoms with Crippen LogP contribution >= 0.6 is 0 Å². The minimum absolute atomic E-state index is 0.0953. The zero-order valence-electron chi connectivity index (χ0n) is 25.6. The van der Waals surface area contributed by atoms with E-state index in [4.69, 9.17) is 23.5 Å². The van der Waals surface area contributed by atoms with Gasteiger partial charge in [0, 0.05) is 43.5 Å². The summed E-state index contributed by atoms with van der Waals surface area (Å²) in [7, 11) is -7.19. The highest BCUT2D eigenvalue weighted by atomic mass is 35.7. The molecule has 0 fully saturated rings. The predicted molar refractivity (Wildman–Crippen MR) is 157 cm³/mol. The van der Waals surface area contributed by atoms with E-state index in [1.807, 2.05) is 37.4 Å². The molecule has 1 amide bonds. The number of para-hydroxylation sites is 1. The Labute approximate surface area is 274 Å². The van der Waals surface area contributed by atoms with E-state index in [0.29, 0.717) is 30.9 Å². The lowest BCUT2D eigenvalue weighted by Crippen LogP contribution is -2.68. The Balaban J connectivity index is 0.00000111. The van der Waals surface area contributed by atoms with Gasteiger partial charge >= 0.3 is 0 Å². The van der Waals surface area contributed by atoms with Crippen LogP contribution in [-0.2, 0) is 14.8 Å². The first-order valence-corrected chi connectivity index (χ1v) is 17.0. The smallest absolute Gasteiger partial charge is 0.270 e. The summed E-state index contributed by atoms with van der Waals surface area (Å²) in [5, 5.41) is 22.7. The highest BCUT2D eigenvalue weighted by Gasteiger charge is 2.45. The third kappa shape index (κ3) is 11.8. The monoisotopic (exact) mass is 693 g/mol. The fraction of sp³-hybridized carbons (Fsp3) is 0.310. The zero-order chi connectivity index (χ0) is 34.5. The summed E-state index contributed by atoms with van der Waals surface area (Å²) in [4.78, 5) is 18.5. The second-order valence-electron chi connectivity index (χ2n) is 10.0. The molecule has 1 aromatic heterocycles. The molecule has 1 atom stereocenters. The average Bonchev–Trinajstić information content (AvgIpc) is 3.38. The summed E-state index contributed by atoms with van der Waals surface area (Å²) < 4.78 is 63.8. The average molecular weight is 694 g/mol. The summed E-state index contributed by atoms with van der Waals surface area (Å²) in [6.45, 7) is 2.89. The third-order valence-corrected chi connectivity index (χ3v) is 8.00. The van der Waals surface area contributed by atoms with Crippen molar-refractivity contribution in [3.8, 4) is 0 Å². The first-order chi connectivity index (χ1) is 22.2. The Hall–Kier alpha value is -4.20. The van der Waals surface area contributed by atoms with E-state index in [1.54, 1.807) is 29.0 Å². The number of hydrazine groups is 1. The molecule has 0 spiro atoms. The van der Waals surface area contributed by atoms with Crippen LogP contribution in [0.5, 0.6) is 0 Å². The van der Waals surface area contributed by atoms with Crippen LogP contribution < -0.4 is 48.7 Å². The number of halogens is 1. The molecular weight excluding hydrogens is 658 g/mol. The highest BCUT2D eigenvalue weighted by Crippen LogP contribution is 2.28. The van der Waals surface area contributed by atoms with Crippen LogP contribution in [0.2, 0.25) is 0 Å². The van der Waals surface area contributed by atoms with Crippen molar-refractivity contribution in [2.24, 2.45) is 10.2 Å². The number of aryl methyl sites for hydroxylation is 1. The molecule has 4 rings (SSSR count). The number of rotatable bonds is 14. The minimum Gasteiger partial charge on any atom is -0.494 e. The van der Waals surface area contributed by atoms with Gasteiger partial charge in [0.05, 0.1) is 16.3 Å². The summed E-state index contributed by atoms with van der Waals surface area (Å²) in [6.07, 6.45) is 6.50. The molecule has 2 heterocycles. The van der Waals surface area contributed by atoms with Crippen molar-refractivity contribution in [2.45, 2.75) is 43.2 Å². The second-order valence-corrected chi connectivity index (χ2v) is 12.5. The summed E-state index contributed by atoms with van der Waals surface area (Å²) in [5.41, 5.74) is 3.13. The molecule has 0 radical (unpaired) electrons. The SMILES string of the molecule is CNC(=O)C1(N=Nc2ccc(S(=O)(=O)NCCCCCCO[n+]3ccccc3C)cc2)C=C(O)N(c2ccccc2)N1.[O-][Cl+3]([O-])([O-])[O-]. The van der Waals surface area contributed by atoms with Gasteiger partial charge in [-0.1, -0.05) is 24.6 Å². The molecule has 4 N–H and O–H groups in total. The molecule has 0 bridgehead atoms. The number of nitrogens with zero attached hydrogens (tertiary/aromatic N) is 4. The number of aromatic nitrogens is 1. The number of unbranched alkanes of at least 4 members (excludes halogenated alkanes) is 3. The van der Waals surface area contributed by atoms with E-state index in [-0.39, 0.29) is 10.8 Å². The van der Waals surface area contributed by atoms with Gasteiger partial charge in [-0.2, -0.15) is 10.5 Å². The van der Waals surface area contributed by atoms with Crippen LogP contribution in [0.4, 0.5) is 11.4 Å². The third-order valence-electron chi connectivity index (χ3n) is 6.52. The molecule has 3 aromatic rings. The molecule has 1 aliphatic rings. The molecular formula is C29H36ClN7O9S. The van der Waals surface area contributed by atoms with Gasteiger partial charge in [0.15, 0.2) is 6.61 Å². The Kier molecular flexibility index (Phi) is 13.6. The Morgan fingerprint density at radius 3 is 2.28 bits per heavy atom. The number of azo groups is 1. The molecule has 1 aliphatic heterocycles. The van der Waals surface area contributed by atoms with Crippen molar-refractivity contribution in [3.63, 3.8) is 0 Å². The van der Waals surface area contributed by atoms with E-state index in [1.165, 1.54) is 42.4 Å². The maximum Gasteiger partial charge on any atom is 0.270 e. The molecule has 16 nitrogen and oxygen atoms in total. The number of likely N-dealkylation sites (N-methyl/N-ethyl adjacent to an activating group) is 1. The van der Waals surface area contributed by atoms with Gasteiger partial charge in [-0.25, -0.2) is 36.8 Å². The number of benzene rings is 2. The van der Waals surface area contributed by atoms with Crippen molar-refractivity contribution >= 4 is 27.3 Å². The highest BCUT2D eigenvalue weighted by molar-refractivity contribution is 7.89. The van der Waals surface area contributed by atoms with Crippen molar-refractivity contribution < 1.29 is 56.8 Å². The van der Waals surface area contributed by atoms with Gasteiger partial charge < -0.3 is 10.4 Å². The number of hydrogen-bond acceptors (Lipinski definition) is 13. The number of carbonyl (C=O) groups excluding carboxylic acids is 1. The quantitative estimate of drug-likeness (QED) is 0.0855. The molecule has 47 heavy (non-hydrogen) atoms. The van der Waals surface area contributed by atoms with Gasteiger partial charge in [-0.05, 0) is 61.7 Å². The number of sulfonamides is 1. The van der Waals surface area contributed by atoms with Crippen LogP contribution in [0, 0.1) is 17.2 Å². The number of nitrogens with one attached hydrogen (secondary N) is 3. The first-order valence-electron chi connectivity index (χ1n) is 14.3. The fourth-order valence-corrected chi connectivity index (χ4v) is 5.28. The zero-order valence-corrected chi connectivity index (χ0v) is 27.2. The Bertz CT molecular complexity index is 1620. The Morgan fingerprint density at radius 1 is 1.00 bits per heavy atom. The fourth-order valence-electron chi connectivity index (χ4n) is 4.21. The topological polar surface area (TPSA) is 241 Å². The van der Waals surface area contributed by atoms with Crippen molar-refractivity contribution in [3.05, 3.63) is 96.6 Å². The number of amides is 1. The van der Waals surface area contributed by atoms with Crippen LogP contribution in [-0.4, -0.2) is 45.3 Å². The molecule has 0 saturated carbocycles. The number of anilines is 1. The lowest BCUT2D eigenvalue weighted by molar-refractivity contribution is -2.00. The predicted octanol–water partition coefficient (Wildman–Crippen LogP) is -1.56. The minimum atomic E-state index is -4.94. The van der Waals surface area contributed by atoms with Gasteiger partial charge in [0.1, 0.15) is 0 Å². The molecule has 2 aromatic carbocycles. The number of carbonyl (C=O) groups is 1. The lowest BCUT2D eigenvalue weighted by Gasteiger charge is -2.25. The first kappa shape index (κ1) is 37.3. The van der Waals surface area contributed by atoms with Crippen molar-refractivity contribution in [2.75, 3.05) is 25.2 Å². The number of pyridine rings is 1. The molecule has 18 heteroatoms. The van der Waals surface area contributed by atoms with E-state index >= 15 is 0 Å². The second kappa shape index (κ2) is 17.1. The van der Waals surface area contributed by atoms with E-state index in [9.17, 15) is 18.3 Å². The molecule has 0 saturated heterocycles. The van der Waals surface area contributed by atoms with Gasteiger partial charge in [0.25, 0.3) is 11.6 Å². The van der Waals surface area contributed by atoms with Crippen LogP contribution in [0.15, 0.2) is 106 Å². The van der Waals surface area contributed by atoms with Gasteiger partial charge in [0.2, 0.25) is 27.8 Å². The molecule has 1 unspecified atom stereocenters. The summed E-state index contributed by atoms with van der Waals surface area (Å²) >= 11 is 0. The number of aliphatic hydroxyl groups is 1. The van der Waals surface area contributed by atoms with E-state index < -0.39 is 31.8 Å². The summed E-state index contributed by atoms with van der Waals surface area (Å²) in [6, 6.07) is 20.6. The number of aliphatic hydroxyl groups excluding tert-OH is 1. The maximum absolute atomic E-state index is 12.7. The van der Waals surface area contributed by atoms with Crippen molar-refractivity contribution in [1.29, 1.82) is 0 Å². The maximum atomic E-state index is 12.7. The van der Waals surface area contributed by atoms with Gasteiger partial charge in [-0.15, -0.1) is 15.4 Å². The van der Waals surface area contributed by atoms with Crippen LogP contribution in [0.1, 0.15) is 31.4 Å². The van der Waals surface area contributed by atoms with Crippen molar-refractivity contribution in [1.82, 2.24) is 15.5 Å². The van der Waals surface area contributed by atoms with E-state index in [0.717, 1.165) is 25.0 Å². The van der Waals surface area contributed by atoms with E-state index in [2.05, 4.69) is 25.7 Å². The number of hydrogen-bond donors (Lipinski definition) is 4. The Morgan fingerprint density at radius 2 is 1.64 bits per heavy atom. The molecule has 0 aliphatic carbocycles. The summed E-state index contributed by atoms with van der Waals surface area (Å²) in [5.74, 6) is -0.761.